The van der Waals surface area contributed by atoms with Crippen LogP contribution in [0.4, 0.5) is 0 Å². The highest BCUT2D eigenvalue weighted by molar-refractivity contribution is 8.02. The van der Waals surface area contributed by atoms with Gasteiger partial charge in [0, 0.05) is 6.20 Å². The predicted octanol–water partition coefficient (Wildman–Crippen LogP) is 0.256. The van der Waals surface area contributed by atoms with Gasteiger partial charge in [0.25, 0.3) is 0 Å². The molecule has 1 rings (SSSR count). The fourth-order valence-corrected chi connectivity index (χ4v) is 0.700. The minimum absolute atomic E-state index is 0.969. The standard InChI is InChI=1S/C3H6N2S/c1-2-6-3-5-4-1/h1-2,4-5H,3H2. The first-order valence-corrected chi connectivity index (χ1v) is 2.80. The normalized spacial score (nSPS) is 20.0. The zero-order valence-corrected chi connectivity index (χ0v) is 4.09. The summed E-state index contributed by atoms with van der Waals surface area (Å²) >= 11 is 1.74. The molecule has 3 heteroatoms. The molecule has 6 heavy (non-hydrogen) atoms. The van der Waals surface area contributed by atoms with Crippen molar-refractivity contribution in [3.05, 3.63) is 11.6 Å². The molecule has 1 aliphatic heterocycles. The van der Waals surface area contributed by atoms with Crippen LogP contribution in [-0.2, 0) is 0 Å². The van der Waals surface area contributed by atoms with Crippen LogP contribution in [0.5, 0.6) is 0 Å². The molecule has 0 aromatic heterocycles. The third-order valence-corrected chi connectivity index (χ3v) is 1.14. The highest BCUT2D eigenvalue weighted by Crippen LogP contribution is 1.98. The maximum Gasteiger partial charge on any atom is 0.0646 e. The molecule has 0 unspecified atom stereocenters. The van der Waals surface area contributed by atoms with E-state index in [0.717, 1.165) is 5.88 Å². The topological polar surface area (TPSA) is 24.1 Å². The third-order valence-electron chi connectivity index (χ3n) is 0.505. The van der Waals surface area contributed by atoms with Crippen LogP contribution < -0.4 is 10.9 Å². The summed E-state index contributed by atoms with van der Waals surface area (Å²) in [5, 5.41) is 2.01. The summed E-state index contributed by atoms with van der Waals surface area (Å²) in [5.41, 5.74) is 5.74. The van der Waals surface area contributed by atoms with Crippen LogP contribution in [0.1, 0.15) is 0 Å². The maximum atomic E-state index is 2.91. The van der Waals surface area contributed by atoms with Crippen molar-refractivity contribution >= 4 is 11.8 Å². The van der Waals surface area contributed by atoms with Crippen molar-refractivity contribution < 1.29 is 0 Å². The number of hydrogen-bond acceptors (Lipinski definition) is 3. The van der Waals surface area contributed by atoms with Gasteiger partial charge in [0.2, 0.25) is 0 Å². The third kappa shape index (κ3) is 0.914. The summed E-state index contributed by atoms with van der Waals surface area (Å²) in [5.74, 6) is 0.969. The average Bonchev–Trinajstić information content (AvgIpc) is 1.72. The smallest absolute Gasteiger partial charge is 0.0646 e. The van der Waals surface area contributed by atoms with Crippen molar-refractivity contribution in [1.29, 1.82) is 0 Å². The Bertz CT molecular complexity index is 53.8. The van der Waals surface area contributed by atoms with Crippen molar-refractivity contribution in [2.75, 3.05) is 5.88 Å². The van der Waals surface area contributed by atoms with Crippen molar-refractivity contribution in [2.24, 2.45) is 0 Å². The summed E-state index contributed by atoms with van der Waals surface area (Å²) in [6.45, 7) is 0. The average molecular weight is 102 g/mol. The lowest BCUT2D eigenvalue weighted by Gasteiger charge is -2.04. The SMILES string of the molecule is C1=CSCNN1. The van der Waals surface area contributed by atoms with Gasteiger partial charge in [0.05, 0.1) is 5.88 Å². The van der Waals surface area contributed by atoms with Crippen LogP contribution in [0.15, 0.2) is 11.6 Å². The molecular formula is C3H6N2S. The van der Waals surface area contributed by atoms with E-state index in [9.17, 15) is 0 Å². The lowest BCUT2D eigenvalue weighted by molar-refractivity contribution is 0.708. The molecule has 0 saturated heterocycles. The Balaban J connectivity index is 2.26. The van der Waals surface area contributed by atoms with Crippen molar-refractivity contribution in [3.63, 3.8) is 0 Å². The van der Waals surface area contributed by atoms with Gasteiger partial charge in [-0.2, -0.15) is 0 Å². The maximum absolute atomic E-state index is 2.91. The minimum atomic E-state index is 0.969. The second kappa shape index (κ2) is 2.10. The highest BCUT2D eigenvalue weighted by atomic mass is 32.2. The summed E-state index contributed by atoms with van der Waals surface area (Å²) in [6, 6.07) is 0. The Labute approximate surface area is 41.0 Å². The number of nitrogens with one attached hydrogen (secondary N) is 2. The van der Waals surface area contributed by atoms with Gasteiger partial charge in [0.15, 0.2) is 0 Å². The van der Waals surface area contributed by atoms with Gasteiger partial charge in [-0.15, -0.1) is 11.8 Å². The molecule has 1 heterocycles. The molecule has 0 radical (unpaired) electrons. The predicted molar refractivity (Wildman–Crippen MR) is 27.9 cm³/mol. The number of thioether (sulfide) groups is 1. The molecule has 2 N–H and O–H groups in total. The van der Waals surface area contributed by atoms with Gasteiger partial charge in [-0.05, 0) is 5.41 Å². The Kier molecular flexibility index (Phi) is 1.41. The summed E-state index contributed by atoms with van der Waals surface area (Å²) < 4.78 is 0. The molecule has 0 amide bonds. The number of rotatable bonds is 0. The Hall–Kier alpha value is -0.150. The molecule has 0 saturated carbocycles. The van der Waals surface area contributed by atoms with Crippen LogP contribution in [0, 0.1) is 0 Å². The van der Waals surface area contributed by atoms with Gasteiger partial charge in [-0.1, -0.05) is 0 Å². The summed E-state index contributed by atoms with van der Waals surface area (Å²) in [6.07, 6.45) is 1.87. The highest BCUT2D eigenvalue weighted by Gasteiger charge is 1.82. The fraction of sp³-hybridized carbons (Fsp3) is 0.333. The van der Waals surface area contributed by atoms with Crippen molar-refractivity contribution in [3.8, 4) is 0 Å². The molecule has 0 fully saturated rings. The van der Waals surface area contributed by atoms with Gasteiger partial charge in [-0.25, -0.2) is 5.43 Å². The van der Waals surface area contributed by atoms with E-state index in [1.807, 2.05) is 11.6 Å². The summed E-state index contributed by atoms with van der Waals surface area (Å²) in [4.78, 5) is 0. The molecule has 1 aliphatic rings. The first kappa shape index (κ1) is 4.02. The zero-order valence-electron chi connectivity index (χ0n) is 3.27. The lowest BCUT2D eigenvalue weighted by Crippen LogP contribution is -2.27. The Morgan fingerprint density at radius 2 is 2.67 bits per heavy atom. The first-order valence-electron chi connectivity index (χ1n) is 1.75. The van der Waals surface area contributed by atoms with E-state index in [-0.39, 0.29) is 0 Å². The van der Waals surface area contributed by atoms with E-state index in [4.69, 9.17) is 0 Å². The second-order valence-corrected chi connectivity index (χ2v) is 1.83. The van der Waals surface area contributed by atoms with Crippen LogP contribution in [0.3, 0.4) is 0 Å². The lowest BCUT2D eigenvalue weighted by atomic mass is 11.0. The van der Waals surface area contributed by atoms with Crippen molar-refractivity contribution in [2.45, 2.75) is 0 Å². The Morgan fingerprint density at radius 1 is 1.67 bits per heavy atom. The molecule has 0 spiro atoms. The first-order chi connectivity index (χ1) is 3.00. The van der Waals surface area contributed by atoms with Crippen LogP contribution in [-0.4, -0.2) is 5.88 Å². The van der Waals surface area contributed by atoms with Gasteiger partial charge < -0.3 is 5.43 Å². The molecule has 0 aromatic carbocycles. The van der Waals surface area contributed by atoms with Crippen LogP contribution in [0.25, 0.3) is 0 Å². The van der Waals surface area contributed by atoms with E-state index in [0.29, 0.717) is 0 Å². The van der Waals surface area contributed by atoms with Crippen LogP contribution in [0.2, 0.25) is 0 Å². The van der Waals surface area contributed by atoms with Crippen molar-refractivity contribution in [1.82, 2.24) is 10.9 Å². The Morgan fingerprint density at radius 3 is 2.83 bits per heavy atom. The number of hydrogen-bond donors (Lipinski definition) is 2. The quantitative estimate of drug-likeness (QED) is 0.458. The van der Waals surface area contributed by atoms with Crippen LogP contribution >= 0.6 is 11.8 Å². The molecule has 34 valence electrons. The molecule has 0 bridgehead atoms. The van der Waals surface area contributed by atoms with E-state index < -0.39 is 0 Å². The van der Waals surface area contributed by atoms with E-state index in [2.05, 4.69) is 10.9 Å². The molecule has 0 aromatic rings. The number of hydrazine groups is 1. The molecule has 2 nitrogen and oxygen atoms in total. The molecule has 0 aliphatic carbocycles. The largest absolute Gasteiger partial charge is 0.327 e. The zero-order chi connectivity index (χ0) is 4.24. The van der Waals surface area contributed by atoms with Gasteiger partial charge >= 0.3 is 0 Å². The van der Waals surface area contributed by atoms with Gasteiger partial charge in [-0.3, -0.25) is 0 Å². The monoisotopic (exact) mass is 102 g/mol. The molecule has 0 atom stereocenters. The van der Waals surface area contributed by atoms with Gasteiger partial charge in [0.1, 0.15) is 0 Å². The van der Waals surface area contributed by atoms with E-state index >= 15 is 0 Å². The molecular weight excluding hydrogens is 96.1 g/mol. The minimum Gasteiger partial charge on any atom is -0.327 e. The van der Waals surface area contributed by atoms with E-state index in [1.165, 1.54) is 0 Å². The second-order valence-electron chi connectivity index (χ2n) is 0.935. The summed E-state index contributed by atoms with van der Waals surface area (Å²) in [7, 11) is 0. The van der Waals surface area contributed by atoms with E-state index in [1.54, 1.807) is 11.8 Å². The fourth-order valence-electron chi connectivity index (χ4n) is 0.273.